The van der Waals surface area contributed by atoms with E-state index in [0.29, 0.717) is 12.0 Å². The van der Waals surface area contributed by atoms with Crippen molar-refractivity contribution in [1.82, 2.24) is 4.90 Å². The van der Waals surface area contributed by atoms with Crippen molar-refractivity contribution < 1.29 is 0 Å². The number of likely N-dealkylation sites (tertiary alicyclic amines) is 1. The zero-order valence-electron chi connectivity index (χ0n) is 10.7. The summed E-state index contributed by atoms with van der Waals surface area (Å²) in [6.45, 7) is 3.42. The number of nitrogens with one attached hydrogen (secondary N) is 1. The highest BCUT2D eigenvalue weighted by molar-refractivity contribution is 5.82. The molecule has 0 spiro atoms. The van der Waals surface area contributed by atoms with Gasteiger partial charge in [-0.2, -0.15) is 0 Å². The highest BCUT2D eigenvalue weighted by Gasteiger charge is 2.28. The number of hydrogen-bond acceptors (Lipinski definition) is 1. The fourth-order valence-corrected chi connectivity index (χ4v) is 3.35. The van der Waals surface area contributed by atoms with Crippen LogP contribution in [0.3, 0.4) is 0 Å². The summed E-state index contributed by atoms with van der Waals surface area (Å²) < 4.78 is 0. The Kier molecular flexibility index (Phi) is 4.25. The van der Waals surface area contributed by atoms with Crippen LogP contribution in [0.25, 0.3) is 0 Å². The topological polar surface area (TPSA) is 27.1 Å². The van der Waals surface area contributed by atoms with Crippen LogP contribution in [0.2, 0.25) is 0 Å². The Labute approximate surface area is 99.9 Å². The summed E-state index contributed by atoms with van der Waals surface area (Å²) in [6.07, 6.45) is 11.8. The van der Waals surface area contributed by atoms with Gasteiger partial charge in [0.15, 0.2) is 0 Å². The number of amidine groups is 1. The van der Waals surface area contributed by atoms with Gasteiger partial charge in [0.05, 0.1) is 5.84 Å². The quantitative estimate of drug-likeness (QED) is 0.558. The van der Waals surface area contributed by atoms with Gasteiger partial charge in [0.25, 0.3) is 0 Å². The first-order chi connectivity index (χ1) is 7.83. The third-order valence-electron chi connectivity index (χ3n) is 4.40. The Morgan fingerprint density at radius 3 is 2.44 bits per heavy atom. The molecule has 0 amide bonds. The summed E-state index contributed by atoms with van der Waals surface area (Å²) in [4.78, 5) is 2.43. The molecule has 0 aromatic carbocycles. The van der Waals surface area contributed by atoms with Crippen LogP contribution in [0.15, 0.2) is 0 Å². The standard InChI is InChI=1S/C14H26N2/c1-2-13-10-6-7-11-16(13)14(15)12-8-4-3-5-9-12/h12-13,15H,2-11H2,1H3. The summed E-state index contributed by atoms with van der Waals surface area (Å²) in [6, 6.07) is 0.670. The summed E-state index contributed by atoms with van der Waals surface area (Å²) in [5, 5.41) is 8.44. The first-order valence-electron chi connectivity index (χ1n) is 7.18. The molecular formula is C14H26N2. The van der Waals surface area contributed by atoms with Crippen molar-refractivity contribution >= 4 is 5.84 Å². The molecule has 0 aromatic rings. The molecule has 1 heterocycles. The zero-order valence-corrected chi connectivity index (χ0v) is 10.7. The third kappa shape index (κ3) is 2.58. The van der Waals surface area contributed by atoms with Gasteiger partial charge in [0.1, 0.15) is 0 Å². The van der Waals surface area contributed by atoms with Crippen LogP contribution >= 0.6 is 0 Å². The molecule has 1 aliphatic heterocycles. The first kappa shape index (κ1) is 11.9. The SMILES string of the molecule is CCC1CCCCN1C(=N)C1CCCCC1. The molecule has 92 valence electrons. The monoisotopic (exact) mass is 222 g/mol. The summed E-state index contributed by atoms with van der Waals surface area (Å²) in [5.41, 5.74) is 0. The molecule has 2 heteroatoms. The molecule has 16 heavy (non-hydrogen) atoms. The van der Waals surface area contributed by atoms with Crippen LogP contribution in [0.5, 0.6) is 0 Å². The van der Waals surface area contributed by atoms with Gasteiger partial charge in [-0.3, -0.25) is 5.41 Å². The van der Waals surface area contributed by atoms with E-state index < -0.39 is 0 Å². The molecule has 0 bridgehead atoms. The van der Waals surface area contributed by atoms with Crippen LogP contribution < -0.4 is 0 Å². The summed E-state index contributed by atoms with van der Waals surface area (Å²) >= 11 is 0. The van der Waals surface area contributed by atoms with Crippen molar-refractivity contribution in [3.63, 3.8) is 0 Å². The number of rotatable bonds is 2. The molecule has 1 unspecified atom stereocenters. The van der Waals surface area contributed by atoms with E-state index in [1.807, 2.05) is 0 Å². The van der Waals surface area contributed by atoms with E-state index in [0.717, 1.165) is 12.4 Å². The van der Waals surface area contributed by atoms with E-state index in [2.05, 4.69) is 11.8 Å². The van der Waals surface area contributed by atoms with Crippen molar-refractivity contribution in [3.05, 3.63) is 0 Å². The van der Waals surface area contributed by atoms with Crippen molar-refractivity contribution in [1.29, 1.82) is 5.41 Å². The van der Waals surface area contributed by atoms with Gasteiger partial charge in [-0.05, 0) is 38.5 Å². The normalized spacial score (nSPS) is 28.1. The maximum Gasteiger partial charge on any atom is 0.0991 e. The van der Waals surface area contributed by atoms with Gasteiger partial charge in [-0.15, -0.1) is 0 Å². The predicted molar refractivity (Wildman–Crippen MR) is 68.9 cm³/mol. The minimum Gasteiger partial charge on any atom is -0.357 e. The number of hydrogen-bond donors (Lipinski definition) is 1. The van der Waals surface area contributed by atoms with E-state index in [-0.39, 0.29) is 0 Å². The Hall–Kier alpha value is -0.530. The van der Waals surface area contributed by atoms with Crippen molar-refractivity contribution in [2.45, 2.75) is 70.8 Å². The fourth-order valence-electron chi connectivity index (χ4n) is 3.35. The van der Waals surface area contributed by atoms with Crippen molar-refractivity contribution in [2.24, 2.45) is 5.92 Å². The fraction of sp³-hybridized carbons (Fsp3) is 0.929. The molecule has 1 atom stereocenters. The van der Waals surface area contributed by atoms with Gasteiger partial charge in [-0.25, -0.2) is 0 Å². The minimum absolute atomic E-state index is 0.584. The van der Waals surface area contributed by atoms with Gasteiger partial charge in [0.2, 0.25) is 0 Å². The highest BCUT2D eigenvalue weighted by Crippen LogP contribution is 2.29. The van der Waals surface area contributed by atoms with Crippen LogP contribution in [-0.4, -0.2) is 23.3 Å². The van der Waals surface area contributed by atoms with E-state index in [1.165, 1.54) is 57.8 Å². The average molecular weight is 222 g/mol. The Balaban J connectivity index is 1.95. The molecule has 2 fully saturated rings. The van der Waals surface area contributed by atoms with E-state index in [1.54, 1.807) is 0 Å². The molecular weight excluding hydrogens is 196 g/mol. The van der Waals surface area contributed by atoms with Crippen LogP contribution in [0.1, 0.15) is 64.7 Å². The Morgan fingerprint density at radius 1 is 1.06 bits per heavy atom. The van der Waals surface area contributed by atoms with Gasteiger partial charge >= 0.3 is 0 Å². The number of piperidine rings is 1. The second kappa shape index (κ2) is 5.70. The average Bonchev–Trinajstić information content (AvgIpc) is 2.39. The maximum absolute atomic E-state index is 8.44. The van der Waals surface area contributed by atoms with Crippen LogP contribution in [0.4, 0.5) is 0 Å². The largest absolute Gasteiger partial charge is 0.357 e. The second-order valence-corrected chi connectivity index (χ2v) is 5.47. The molecule has 1 saturated carbocycles. The maximum atomic E-state index is 8.44. The molecule has 2 nitrogen and oxygen atoms in total. The Morgan fingerprint density at radius 2 is 1.75 bits per heavy atom. The van der Waals surface area contributed by atoms with E-state index >= 15 is 0 Å². The van der Waals surface area contributed by atoms with Gasteiger partial charge in [0, 0.05) is 18.5 Å². The molecule has 1 saturated heterocycles. The first-order valence-corrected chi connectivity index (χ1v) is 7.18. The van der Waals surface area contributed by atoms with Gasteiger partial charge < -0.3 is 4.90 Å². The molecule has 2 aliphatic rings. The molecule has 0 radical (unpaired) electrons. The lowest BCUT2D eigenvalue weighted by Gasteiger charge is -2.40. The molecule has 1 N–H and O–H groups in total. The second-order valence-electron chi connectivity index (χ2n) is 5.47. The van der Waals surface area contributed by atoms with Crippen LogP contribution in [-0.2, 0) is 0 Å². The van der Waals surface area contributed by atoms with Crippen molar-refractivity contribution in [2.75, 3.05) is 6.54 Å². The molecule has 2 rings (SSSR count). The lowest BCUT2D eigenvalue weighted by atomic mass is 9.86. The lowest BCUT2D eigenvalue weighted by Crippen LogP contribution is -2.46. The van der Waals surface area contributed by atoms with Crippen molar-refractivity contribution in [3.8, 4) is 0 Å². The van der Waals surface area contributed by atoms with E-state index in [4.69, 9.17) is 5.41 Å². The molecule has 1 aliphatic carbocycles. The predicted octanol–water partition coefficient (Wildman–Crippen LogP) is 3.81. The van der Waals surface area contributed by atoms with E-state index in [9.17, 15) is 0 Å². The third-order valence-corrected chi connectivity index (χ3v) is 4.40. The summed E-state index contributed by atoms with van der Waals surface area (Å²) in [5.74, 6) is 1.56. The highest BCUT2D eigenvalue weighted by atomic mass is 15.2. The smallest absolute Gasteiger partial charge is 0.0991 e. The summed E-state index contributed by atoms with van der Waals surface area (Å²) in [7, 11) is 0. The number of nitrogens with zero attached hydrogens (tertiary/aromatic N) is 1. The Bertz CT molecular complexity index is 231. The van der Waals surface area contributed by atoms with Gasteiger partial charge in [-0.1, -0.05) is 26.2 Å². The van der Waals surface area contributed by atoms with Crippen LogP contribution in [0, 0.1) is 11.3 Å². The molecule has 0 aromatic heterocycles. The minimum atomic E-state index is 0.584. The lowest BCUT2D eigenvalue weighted by molar-refractivity contribution is 0.217. The zero-order chi connectivity index (χ0) is 11.4.